The SMILES string of the molecule is COc1ccc(NC(=S)N/N=C/C2=Cc3ccccc3NC2OC)cc1. The predicted molar refractivity (Wildman–Crippen MR) is 110 cm³/mol. The molecular weight excluding hydrogens is 348 g/mol. The maximum atomic E-state index is 5.48. The van der Waals surface area contributed by atoms with Crippen LogP contribution < -0.4 is 20.8 Å². The predicted octanol–water partition coefficient (Wildman–Crippen LogP) is 3.45. The second-order valence-corrected chi connectivity index (χ2v) is 5.95. The summed E-state index contributed by atoms with van der Waals surface area (Å²) in [4.78, 5) is 0. The number of nitrogens with zero attached hydrogens (tertiary/aromatic N) is 1. The minimum Gasteiger partial charge on any atom is -0.497 e. The van der Waals surface area contributed by atoms with Crippen molar-refractivity contribution < 1.29 is 9.47 Å². The maximum Gasteiger partial charge on any atom is 0.191 e. The molecule has 0 saturated heterocycles. The van der Waals surface area contributed by atoms with Gasteiger partial charge in [-0.2, -0.15) is 5.10 Å². The highest BCUT2D eigenvalue weighted by molar-refractivity contribution is 7.80. The first kappa shape index (κ1) is 17.9. The summed E-state index contributed by atoms with van der Waals surface area (Å²) in [7, 11) is 3.28. The first-order chi connectivity index (χ1) is 12.7. The van der Waals surface area contributed by atoms with Gasteiger partial charge >= 0.3 is 0 Å². The first-order valence-electron chi connectivity index (χ1n) is 8.03. The van der Waals surface area contributed by atoms with Crippen LogP contribution in [0.5, 0.6) is 5.75 Å². The lowest BCUT2D eigenvalue weighted by Gasteiger charge is -2.25. The summed E-state index contributed by atoms with van der Waals surface area (Å²) in [5.74, 6) is 0.787. The largest absolute Gasteiger partial charge is 0.497 e. The van der Waals surface area contributed by atoms with Gasteiger partial charge in [-0.3, -0.25) is 5.43 Å². The molecule has 0 spiro atoms. The number of hydrogen-bond acceptors (Lipinski definition) is 5. The third kappa shape index (κ3) is 4.38. The second-order valence-electron chi connectivity index (χ2n) is 5.54. The number of rotatable bonds is 5. The summed E-state index contributed by atoms with van der Waals surface area (Å²) in [5.41, 5.74) is 6.67. The van der Waals surface area contributed by atoms with Gasteiger partial charge in [-0.25, -0.2) is 0 Å². The smallest absolute Gasteiger partial charge is 0.191 e. The molecule has 3 N–H and O–H groups in total. The van der Waals surface area contributed by atoms with Gasteiger partial charge in [0, 0.05) is 24.1 Å². The van der Waals surface area contributed by atoms with Crippen LogP contribution in [0.3, 0.4) is 0 Å². The molecule has 2 aromatic rings. The van der Waals surface area contributed by atoms with Gasteiger partial charge < -0.3 is 20.1 Å². The van der Waals surface area contributed by atoms with Gasteiger partial charge in [0.15, 0.2) is 11.3 Å². The number of nitrogens with one attached hydrogen (secondary N) is 3. The van der Waals surface area contributed by atoms with E-state index in [0.29, 0.717) is 5.11 Å². The highest BCUT2D eigenvalue weighted by atomic mass is 32.1. The molecule has 0 aromatic heterocycles. The van der Waals surface area contributed by atoms with Crippen molar-refractivity contribution in [1.29, 1.82) is 0 Å². The normalized spacial score (nSPS) is 15.6. The van der Waals surface area contributed by atoms with Crippen molar-refractivity contribution in [2.45, 2.75) is 6.23 Å². The monoisotopic (exact) mass is 368 g/mol. The van der Waals surface area contributed by atoms with Crippen molar-refractivity contribution in [2.24, 2.45) is 5.10 Å². The lowest BCUT2D eigenvalue weighted by Crippen LogP contribution is -2.29. The van der Waals surface area contributed by atoms with Gasteiger partial charge in [-0.15, -0.1) is 0 Å². The summed E-state index contributed by atoms with van der Waals surface area (Å²) in [6.07, 6.45) is 3.46. The fourth-order valence-electron chi connectivity index (χ4n) is 2.53. The molecule has 0 bridgehead atoms. The molecule has 1 heterocycles. The number of fused-ring (bicyclic) bond motifs is 1. The molecule has 0 aliphatic carbocycles. The van der Waals surface area contributed by atoms with E-state index in [9.17, 15) is 0 Å². The standard InChI is InChI=1S/C19H20N4O2S/c1-24-16-9-7-15(8-10-16)21-19(26)23-20-12-14-11-13-5-3-4-6-17(13)22-18(14)25-2/h3-12,18,22H,1-2H3,(H2,21,23,26)/b20-12+. The maximum absolute atomic E-state index is 5.48. The van der Waals surface area contributed by atoms with Crippen LogP contribution in [0, 0.1) is 0 Å². The zero-order valence-corrected chi connectivity index (χ0v) is 15.3. The number of benzene rings is 2. The molecule has 1 aliphatic rings. The van der Waals surface area contributed by atoms with Gasteiger partial charge in [0.2, 0.25) is 0 Å². The number of methoxy groups -OCH3 is 2. The number of ether oxygens (including phenoxy) is 2. The average Bonchev–Trinajstić information content (AvgIpc) is 2.68. The van der Waals surface area contributed by atoms with E-state index < -0.39 is 0 Å². The average molecular weight is 368 g/mol. The topological polar surface area (TPSA) is 66.9 Å². The van der Waals surface area contributed by atoms with Crippen LogP contribution in [0.4, 0.5) is 11.4 Å². The van der Waals surface area contributed by atoms with Crippen molar-refractivity contribution in [3.63, 3.8) is 0 Å². The molecule has 0 saturated carbocycles. The summed E-state index contributed by atoms with van der Waals surface area (Å²) in [6, 6.07) is 15.5. The fourth-order valence-corrected chi connectivity index (χ4v) is 2.70. The van der Waals surface area contributed by atoms with Crippen molar-refractivity contribution in [3.05, 3.63) is 59.7 Å². The summed E-state index contributed by atoms with van der Waals surface area (Å²) in [5, 5.41) is 11.0. The molecule has 3 rings (SSSR count). The molecule has 0 amide bonds. The molecule has 134 valence electrons. The van der Waals surface area contributed by atoms with Gasteiger partial charge in [-0.1, -0.05) is 18.2 Å². The van der Waals surface area contributed by atoms with Gasteiger partial charge in [0.05, 0.1) is 13.3 Å². The summed E-state index contributed by atoms with van der Waals surface area (Å²) < 4.78 is 10.6. The van der Waals surface area contributed by atoms with E-state index in [4.69, 9.17) is 21.7 Å². The highest BCUT2D eigenvalue weighted by Gasteiger charge is 2.18. The molecule has 1 atom stereocenters. The highest BCUT2D eigenvalue weighted by Crippen LogP contribution is 2.26. The molecule has 1 unspecified atom stereocenters. The van der Waals surface area contributed by atoms with Crippen LogP contribution in [-0.4, -0.2) is 31.8 Å². The van der Waals surface area contributed by atoms with E-state index in [1.165, 1.54) is 0 Å². The minimum atomic E-state index is -0.265. The number of anilines is 2. The van der Waals surface area contributed by atoms with E-state index >= 15 is 0 Å². The van der Waals surface area contributed by atoms with Crippen LogP contribution in [0.25, 0.3) is 6.08 Å². The van der Waals surface area contributed by atoms with Crippen LogP contribution in [0.15, 0.2) is 59.2 Å². The molecule has 1 aliphatic heterocycles. The fraction of sp³-hybridized carbons (Fsp3) is 0.158. The van der Waals surface area contributed by atoms with E-state index in [-0.39, 0.29) is 6.23 Å². The number of hydrogen-bond donors (Lipinski definition) is 3. The summed E-state index contributed by atoms with van der Waals surface area (Å²) >= 11 is 5.25. The van der Waals surface area contributed by atoms with Gasteiger partial charge in [-0.05, 0) is 54.2 Å². The second kappa shape index (κ2) is 8.46. The molecule has 7 heteroatoms. The van der Waals surface area contributed by atoms with Gasteiger partial charge in [0.1, 0.15) is 5.75 Å². The molecular formula is C19H20N4O2S. The van der Waals surface area contributed by atoms with E-state index in [1.54, 1.807) is 20.4 Å². The first-order valence-corrected chi connectivity index (χ1v) is 8.44. The Morgan fingerprint density at radius 2 is 1.92 bits per heavy atom. The third-order valence-corrected chi connectivity index (χ3v) is 4.03. The molecule has 2 aromatic carbocycles. The van der Waals surface area contributed by atoms with E-state index in [2.05, 4.69) is 21.2 Å². The van der Waals surface area contributed by atoms with Crippen LogP contribution >= 0.6 is 12.2 Å². The molecule has 26 heavy (non-hydrogen) atoms. The third-order valence-electron chi connectivity index (χ3n) is 3.84. The Bertz CT molecular complexity index is 834. The number of para-hydroxylation sites is 1. The Kier molecular flexibility index (Phi) is 5.83. The zero-order valence-electron chi connectivity index (χ0n) is 14.5. The van der Waals surface area contributed by atoms with Crippen molar-refractivity contribution >= 4 is 41.0 Å². The van der Waals surface area contributed by atoms with Crippen molar-refractivity contribution in [2.75, 3.05) is 24.9 Å². The van der Waals surface area contributed by atoms with Gasteiger partial charge in [0.25, 0.3) is 0 Å². The van der Waals surface area contributed by atoms with Crippen LogP contribution in [0.2, 0.25) is 0 Å². The Morgan fingerprint density at radius 3 is 2.65 bits per heavy atom. The number of hydrazone groups is 1. The van der Waals surface area contributed by atoms with Crippen molar-refractivity contribution in [3.8, 4) is 5.75 Å². The Hall–Kier alpha value is -2.90. The molecule has 0 radical (unpaired) electrons. The molecule has 6 nitrogen and oxygen atoms in total. The van der Waals surface area contributed by atoms with E-state index in [1.807, 2.05) is 54.6 Å². The summed E-state index contributed by atoms with van der Waals surface area (Å²) in [6.45, 7) is 0. The van der Waals surface area contributed by atoms with Crippen LogP contribution in [-0.2, 0) is 4.74 Å². The Labute approximate surface area is 157 Å². The zero-order chi connectivity index (χ0) is 18.4. The van der Waals surface area contributed by atoms with Crippen molar-refractivity contribution in [1.82, 2.24) is 5.43 Å². The van der Waals surface area contributed by atoms with E-state index in [0.717, 1.165) is 28.3 Å². The lowest BCUT2D eigenvalue weighted by molar-refractivity contribution is 0.158. The minimum absolute atomic E-state index is 0.265. The number of thiocarbonyl (C=S) groups is 1. The Morgan fingerprint density at radius 1 is 1.15 bits per heavy atom. The van der Waals surface area contributed by atoms with Crippen LogP contribution in [0.1, 0.15) is 5.56 Å². The Balaban J connectivity index is 1.61. The molecule has 0 fully saturated rings. The lowest BCUT2D eigenvalue weighted by atomic mass is 10.0. The quantitative estimate of drug-likeness (QED) is 0.427.